The van der Waals surface area contributed by atoms with Gasteiger partial charge in [0.05, 0.1) is 22.1 Å². The lowest BCUT2D eigenvalue weighted by molar-refractivity contribution is -0.127. The van der Waals surface area contributed by atoms with Crippen molar-refractivity contribution in [3.63, 3.8) is 0 Å². The summed E-state index contributed by atoms with van der Waals surface area (Å²) < 4.78 is 11.2. The monoisotopic (exact) mass is 614 g/mol. The number of nitrogens with zero attached hydrogens (tertiary/aromatic N) is 1. The Morgan fingerprint density at radius 1 is 0.977 bits per heavy atom. The Labute approximate surface area is 257 Å². The van der Waals surface area contributed by atoms with Crippen molar-refractivity contribution in [2.24, 2.45) is 0 Å². The molecule has 8 nitrogen and oxygen atoms in total. The lowest BCUT2D eigenvalue weighted by Gasteiger charge is -2.13. The van der Waals surface area contributed by atoms with E-state index in [0.29, 0.717) is 24.3 Å². The van der Waals surface area contributed by atoms with Crippen LogP contribution in [0.15, 0.2) is 89.8 Å². The summed E-state index contributed by atoms with van der Waals surface area (Å²) in [4.78, 5) is 51.7. The van der Waals surface area contributed by atoms with Gasteiger partial charge in [-0.05, 0) is 76.5 Å². The van der Waals surface area contributed by atoms with E-state index in [4.69, 9.17) is 21.1 Å². The van der Waals surface area contributed by atoms with Crippen LogP contribution in [-0.4, -0.2) is 41.1 Å². The number of hydrogen-bond acceptors (Lipinski definition) is 7. The van der Waals surface area contributed by atoms with Crippen LogP contribution in [0.4, 0.5) is 10.5 Å². The van der Waals surface area contributed by atoms with Crippen molar-refractivity contribution in [1.29, 1.82) is 0 Å². The van der Waals surface area contributed by atoms with Gasteiger partial charge in [0.1, 0.15) is 18.9 Å². The third-order valence-electron chi connectivity index (χ3n) is 6.51. The Balaban J connectivity index is 1.22. The summed E-state index contributed by atoms with van der Waals surface area (Å²) in [5.41, 5.74) is 2.11. The predicted molar refractivity (Wildman–Crippen MR) is 168 cm³/mol. The average Bonchev–Trinajstić information content (AvgIpc) is 3.26. The second-order valence-corrected chi connectivity index (χ2v) is 11.0. The topological polar surface area (TPSA) is 102 Å². The fourth-order valence-corrected chi connectivity index (χ4v) is 5.47. The Bertz CT molecular complexity index is 1750. The van der Waals surface area contributed by atoms with Crippen molar-refractivity contribution in [3.8, 4) is 5.75 Å². The van der Waals surface area contributed by atoms with Crippen LogP contribution in [-0.2, 0) is 20.9 Å². The zero-order valence-corrected chi connectivity index (χ0v) is 24.7. The zero-order chi connectivity index (χ0) is 30.3. The third-order valence-corrected chi connectivity index (χ3v) is 7.75. The minimum Gasteiger partial charge on any atom is -0.489 e. The fraction of sp³-hybridized carbons (Fsp3) is 0.152. The summed E-state index contributed by atoms with van der Waals surface area (Å²) in [6, 6.07) is 25.7. The van der Waals surface area contributed by atoms with Crippen LogP contribution < -0.4 is 10.1 Å². The van der Waals surface area contributed by atoms with Gasteiger partial charge in [-0.2, -0.15) is 0 Å². The first-order chi connectivity index (χ1) is 20.8. The van der Waals surface area contributed by atoms with Gasteiger partial charge in [-0.3, -0.25) is 19.3 Å². The van der Waals surface area contributed by atoms with Gasteiger partial charge in [0.2, 0.25) is 5.91 Å². The number of carbonyl (C=O) groups excluding carboxylic acids is 4. The molecule has 10 heteroatoms. The van der Waals surface area contributed by atoms with Crippen molar-refractivity contribution < 1.29 is 28.7 Å². The number of esters is 1. The zero-order valence-electron chi connectivity index (χ0n) is 23.2. The number of benzene rings is 4. The number of anilines is 1. The first-order valence-electron chi connectivity index (χ1n) is 13.5. The van der Waals surface area contributed by atoms with Crippen molar-refractivity contribution in [2.75, 3.05) is 18.5 Å². The Kier molecular flexibility index (Phi) is 9.44. The van der Waals surface area contributed by atoms with Gasteiger partial charge in [-0.15, -0.1) is 0 Å². The Morgan fingerprint density at radius 3 is 2.60 bits per heavy atom. The maximum atomic E-state index is 13.0. The van der Waals surface area contributed by atoms with Crippen LogP contribution in [0.25, 0.3) is 16.8 Å². The number of ether oxygens (including phenoxy) is 2. The Hall–Kier alpha value is -4.60. The average molecular weight is 615 g/mol. The maximum absolute atomic E-state index is 13.0. The summed E-state index contributed by atoms with van der Waals surface area (Å²) in [5.74, 6) is -1.18. The molecule has 0 unspecified atom stereocenters. The summed E-state index contributed by atoms with van der Waals surface area (Å²) >= 11 is 6.87. The number of nitrogens with one attached hydrogen (secondary N) is 1. The van der Waals surface area contributed by atoms with Crippen LogP contribution in [0.5, 0.6) is 5.75 Å². The predicted octanol–water partition coefficient (Wildman–Crippen LogP) is 7.31. The van der Waals surface area contributed by atoms with Crippen molar-refractivity contribution in [1.82, 2.24) is 4.90 Å². The largest absolute Gasteiger partial charge is 0.489 e. The molecule has 0 atom stereocenters. The summed E-state index contributed by atoms with van der Waals surface area (Å²) in [7, 11) is 0. The molecule has 0 radical (unpaired) electrons. The molecule has 0 saturated carbocycles. The second kappa shape index (κ2) is 13.6. The lowest BCUT2D eigenvalue weighted by Crippen LogP contribution is -2.36. The first-order valence-corrected chi connectivity index (χ1v) is 14.7. The van der Waals surface area contributed by atoms with Gasteiger partial charge in [0, 0.05) is 5.69 Å². The van der Waals surface area contributed by atoms with E-state index in [-0.39, 0.29) is 27.8 Å². The van der Waals surface area contributed by atoms with E-state index >= 15 is 0 Å². The highest BCUT2D eigenvalue weighted by atomic mass is 35.5. The summed E-state index contributed by atoms with van der Waals surface area (Å²) in [6.45, 7) is 1.98. The molecule has 5 rings (SSSR count). The molecular weight excluding hydrogens is 588 g/mol. The number of halogens is 1. The van der Waals surface area contributed by atoms with E-state index in [1.807, 2.05) is 37.3 Å². The molecule has 0 bridgehead atoms. The van der Waals surface area contributed by atoms with E-state index < -0.39 is 29.6 Å². The molecule has 218 valence electrons. The fourth-order valence-electron chi connectivity index (χ4n) is 4.44. The summed E-state index contributed by atoms with van der Waals surface area (Å²) in [6.07, 6.45) is 2.25. The van der Waals surface area contributed by atoms with E-state index in [9.17, 15) is 19.2 Å². The lowest BCUT2D eigenvalue weighted by atomic mass is 10.1. The molecule has 1 saturated heterocycles. The van der Waals surface area contributed by atoms with Gasteiger partial charge in [-0.25, -0.2) is 4.79 Å². The molecule has 4 aromatic rings. The summed E-state index contributed by atoms with van der Waals surface area (Å²) in [5, 5.41) is 4.47. The molecule has 4 aromatic carbocycles. The molecule has 0 aromatic heterocycles. The van der Waals surface area contributed by atoms with Crippen LogP contribution in [0.3, 0.4) is 0 Å². The van der Waals surface area contributed by atoms with Gasteiger partial charge in [0.15, 0.2) is 0 Å². The smallest absolute Gasteiger partial charge is 0.339 e. The number of hydrogen-bond donors (Lipinski definition) is 1. The van der Waals surface area contributed by atoms with E-state index in [1.54, 1.807) is 24.3 Å². The van der Waals surface area contributed by atoms with Gasteiger partial charge in [0.25, 0.3) is 11.1 Å². The van der Waals surface area contributed by atoms with Crippen molar-refractivity contribution >= 4 is 68.9 Å². The van der Waals surface area contributed by atoms with Crippen LogP contribution in [0, 0.1) is 0 Å². The number of amides is 3. The molecular formula is C33H27ClN2O6S. The molecule has 3 amide bonds. The highest BCUT2D eigenvalue weighted by Gasteiger charge is 2.36. The van der Waals surface area contributed by atoms with Gasteiger partial charge < -0.3 is 14.8 Å². The normalized spacial score (nSPS) is 13.9. The highest BCUT2D eigenvalue weighted by Crippen LogP contribution is 2.33. The van der Waals surface area contributed by atoms with E-state index in [2.05, 4.69) is 23.5 Å². The number of rotatable bonds is 10. The maximum Gasteiger partial charge on any atom is 0.339 e. The van der Waals surface area contributed by atoms with Crippen molar-refractivity contribution in [3.05, 3.63) is 112 Å². The molecule has 43 heavy (non-hydrogen) atoms. The quantitative estimate of drug-likeness (QED) is 0.148. The van der Waals surface area contributed by atoms with Crippen LogP contribution in [0.2, 0.25) is 5.02 Å². The molecule has 1 aliphatic rings. The molecule has 1 heterocycles. The van der Waals surface area contributed by atoms with E-state index in [1.165, 1.54) is 18.2 Å². The van der Waals surface area contributed by atoms with Crippen molar-refractivity contribution in [2.45, 2.75) is 20.0 Å². The molecule has 1 fully saturated rings. The van der Waals surface area contributed by atoms with Crippen LogP contribution in [0.1, 0.15) is 34.8 Å². The standard InChI is InChI=1S/C33H27ClN2O6S/c1-2-15-41-32(39)27-18-24(13-14-28(27)34)35-30(37)19-36-31(38)29(43-33(36)40)17-21-7-5-11-25(16-21)42-20-23-10-6-9-22-8-3-4-12-26(22)23/h3-14,16-18H,2,15,19-20H2,1H3,(H,35,37)/b29-17+. The molecule has 1 aliphatic heterocycles. The Morgan fingerprint density at radius 2 is 1.77 bits per heavy atom. The number of thioether (sulfide) groups is 1. The minimum absolute atomic E-state index is 0.102. The van der Waals surface area contributed by atoms with Gasteiger partial charge >= 0.3 is 5.97 Å². The molecule has 1 N–H and O–H groups in total. The van der Waals surface area contributed by atoms with Crippen LogP contribution >= 0.6 is 23.4 Å². The second-order valence-electron chi connectivity index (χ2n) is 9.65. The third kappa shape index (κ3) is 7.25. The first kappa shape index (κ1) is 29.9. The number of carbonyl (C=O) groups is 4. The highest BCUT2D eigenvalue weighted by molar-refractivity contribution is 8.18. The molecule has 0 aliphatic carbocycles. The number of fused-ring (bicyclic) bond motifs is 1. The molecule has 0 spiro atoms. The van der Waals surface area contributed by atoms with Gasteiger partial charge in [-0.1, -0.05) is 73.1 Å². The SMILES string of the molecule is CCCOC(=O)c1cc(NC(=O)CN2C(=O)S/C(=C/c3cccc(OCc4cccc5ccccc45)c3)C2=O)ccc1Cl. The number of imide groups is 1. The van der Waals surface area contributed by atoms with E-state index in [0.717, 1.165) is 33.0 Å². The minimum atomic E-state index is -0.609.